The van der Waals surface area contributed by atoms with Gasteiger partial charge in [0.25, 0.3) is 0 Å². The van der Waals surface area contributed by atoms with Gasteiger partial charge in [0.1, 0.15) is 0 Å². The highest BCUT2D eigenvalue weighted by atomic mass is 15.2. The third kappa shape index (κ3) is 2.39. The predicted molar refractivity (Wildman–Crippen MR) is 76.9 cm³/mol. The molecule has 2 nitrogen and oxygen atoms in total. The minimum atomic E-state index is 0.555. The molecular weight excluding hydrogens is 220 g/mol. The minimum Gasteiger partial charge on any atom is -0.368 e. The summed E-state index contributed by atoms with van der Waals surface area (Å²) in [5.74, 6) is 0.970. The molecule has 2 aliphatic rings. The number of anilines is 1. The van der Waals surface area contributed by atoms with Crippen molar-refractivity contribution in [3.8, 4) is 0 Å². The van der Waals surface area contributed by atoms with E-state index in [2.05, 4.69) is 48.3 Å². The molecule has 2 atom stereocenters. The molecule has 0 aromatic heterocycles. The van der Waals surface area contributed by atoms with Gasteiger partial charge in [-0.25, -0.2) is 0 Å². The lowest BCUT2D eigenvalue weighted by Crippen LogP contribution is -2.31. The summed E-state index contributed by atoms with van der Waals surface area (Å²) in [6.07, 6.45) is 4.29. The summed E-state index contributed by atoms with van der Waals surface area (Å²) in [7, 11) is 0. The van der Waals surface area contributed by atoms with Crippen molar-refractivity contribution in [2.45, 2.75) is 51.7 Å². The van der Waals surface area contributed by atoms with Gasteiger partial charge in [0.15, 0.2) is 0 Å². The Morgan fingerprint density at radius 3 is 2.56 bits per heavy atom. The maximum absolute atomic E-state index is 3.46. The van der Waals surface area contributed by atoms with Crippen LogP contribution in [-0.4, -0.2) is 18.6 Å². The van der Waals surface area contributed by atoms with E-state index in [1.54, 1.807) is 0 Å². The van der Waals surface area contributed by atoms with E-state index in [1.165, 1.54) is 37.1 Å². The Morgan fingerprint density at radius 1 is 1.22 bits per heavy atom. The quantitative estimate of drug-likeness (QED) is 0.875. The van der Waals surface area contributed by atoms with Gasteiger partial charge < -0.3 is 10.2 Å². The maximum atomic E-state index is 3.46. The summed E-state index contributed by atoms with van der Waals surface area (Å²) < 4.78 is 0. The van der Waals surface area contributed by atoms with E-state index in [9.17, 15) is 0 Å². The van der Waals surface area contributed by atoms with Crippen LogP contribution in [0.3, 0.4) is 0 Å². The Kier molecular flexibility index (Phi) is 3.29. The molecule has 2 unspecified atom stereocenters. The highest BCUT2D eigenvalue weighted by Gasteiger charge is 2.37. The predicted octanol–water partition coefficient (Wildman–Crippen LogP) is 3.17. The fourth-order valence-corrected chi connectivity index (χ4v) is 3.37. The molecule has 0 radical (unpaired) electrons. The number of nitrogens with one attached hydrogen (secondary N) is 1. The van der Waals surface area contributed by atoms with E-state index in [-0.39, 0.29) is 0 Å². The van der Waals surface area contributed by atoms with E-state index in [0.717, 1.165) is 18.5 Å². The molecule has 1 heterocycles. The molecule has 0 spiro atoms. The monoisotopic (exact) mass is 244 g/mol. The first-order valence-electron chi connectivity index (χ1n) is 7.31. The van der Waals surface area contributed by atoms with Crippen molar-refractivity contribution in [3.05, 3.63) is 29.8 Å². The summed E-state index contributed by atoms with van der Waals surface area (Å²) in [5, 5.41) is 3.46. The van der Waals surface area contributed by atoms with Crippen molar-refractivity contribution in [3.63, 3.8) is 0 Å². The van der Waals surface area contributed by atoms with Crippen LogP contribution in [0.4, 0.5) is 5.69 Å². The second kappa shape index (κ2) is 4.93. The Labute approximate surface area is 110 Å². The van der Waals surface area contributed by atoms with Crippen molar-refractivity contribution in [2.24, 2.45) is 5.92 Å². The Balaban J connectivity index is 1.64. The van der Waals surface area contributed by atoms with Gasteiger partial charge >= 0.3 is 0 Å². The lowest BCUT2D eigenvalue weighted by Gasteiger charge is -2.29. The van der Waals surface area contributed by atoms with Gasteiger partial charge in [0.2, 0.25) is 0 Å². The zero-order chi connectivity index (χ0) is 12.5. The average molecular weight is 244 g/mol. The van der Waals surface area contributed by atoms with E-state index in [1.807, 2.05) is 0 Å². The van der Waals surface area contributed by atoms with Crippen molar-refractivity contribution in [1.29, 1.82) is 0 Å². The summed E-state index contributed by atoms with van der Waals surface area (Å²) >= 11 is 0. The average Bonchev–Trinajstić information content (AvgIpc) is 2.99. The highest BCUT2D eigenvalue weighted by molar-refractivity contribution is 5.50. The number of fused-ring (bicyclic) bond motifs is 2. The topological polar surface area (TPSA) is 15.3 Å². The lowest BCUT2D eigenvalue weighted by atomic mass is 10.1. The van der Waals surface area contributed by atoms with Gasteiger partial charge in [-0.2, -0.15) is 0 Å². The van der Waals surface area contributed by atoms with Crippen LogP contribution in [0.2, 0.25) is 0 Å². The molecule has 98 valence electrons. The first kappa shape index (κ1) is 12.0. The van der Waals surface area contributed by atoms with Crippen molar-refractivity contribution < 1.29 is 0 Å². The van der Waals surface area contributed by atoms with Crippen LogP contribution in [0, 0.1) is 5.92 Å². The minimum absolute atomic E-state index is 0.555. The molecule has 1 aromatic carbocycles. The number of benzene rings is 1. The van der Waals surface area contributed by atoms with E-state index < -0.39 is 0 Å². The van der Waals surface area contributed by atoms with Gasteiger partial charge in [-0.1, -0.05) is 26.0 Å². The third-order valence-corrected chi connectivity index (χ3v) is 4.39. The number of rotatable bonds is 4. The standard InChI is InChI=1S/C16H24N2/c1-12(2)17-10-13-3-6-15(7-4-13)18-11-14-5-8-16(18)9-14/h3-4,6-7,12,14,16-17H,5,8-11H2,1-2H3. The molecule has 1 aliphatic heterocycles. The van der Waals surface area contributed by atoms with Crippen LogP contribution < -0.4 is 10.2 Å². The smallest absolute Gasteiger partial charge is 0.0369 e. The second-order valence-corrected chi connectivity index (χ2v) is 6.19. The fraction of sp³-hybridized carbons (Fsp3) is 0.625. The zero-order valence-corrected chi connectivity index (χ0v) is 11.5. The van der Waals surface area contributed by atoms with Crippen LogP contribution in [0.1, 0.15) is 38.7 Å². The number of hydrogen-bond donors (Lipinski definition) is 1. The largest absolute Gasteiger partial charge is 0.368 e. The van der Waals surface area contributed by atoms with Crippen molar-refractivity contribution in [1.82, 2.24) is 5.32 Å². The lowest BCUT2D eigenvalue weighted by molar-refractivity contribution is 0.553. The van der Waals surface area contributed by atoms with Gasteiger partial charge in [-0.3, -0.25) is 0 Å². The van der Waals surface area contributed by atoms with Gasteiger partial charge in [-0.05, 0) is 42.9 Å². The van der Waals surface area contributed by atoms with Crippen LogP contribution in [-0.2, 0) is 6.54 Å². The van der Waals surface area contributed by atoms with E-state index in [0.29, 0.717) is 6.04 Å². The Hall–Kier alpha value is -1.02. The Morgan fingerprint density at radius 2 is 2.00 bits per heavy atom. The molecule has 1 saturated carbocycles. The van der Waals surface area contributed by atoms with Gasteiger partial charge in [0, 0.05) is 30.9 Å². The van der Waals surface area contributed by atoms with Crippen LogP contribution in [0.15, 0.2) is 24.3 Å². The Bertz CT molecular complexity index is 396. The van der Waals surface area contributed by atoms with Crippen LogP contribution >= 0.6 is 0 Å². The van der Waals surface area contributed by atoms with Crippen molar-refractivity contribution in [2.75, 3.05) is 11.4 Å². The van der Waals surface area contributed by atoms with Gasteiger partial charge in [-0.15, -0.1) is 0 Å². The van der Waals surface area contributed by atoms with Gasteiger partial charge in [0.05, 0.1) is 0 Å². The third-order valence-electron chi connectivity index (χ3n) is 4.39. The van der Waals surface area contributed by atoms with Crippen molar-refractivity contribution >= 4 is 5.69 Å². The maximum Gasteiger partial charge on any atom is 0.0369 e. The van der Waals surface area contributed by atoms with Crippen LogP contribution in [0.5, 0.6) is 0 Å². The van der Waals surface area contributed by atoms with E-state index >= 15 is 0 Å². The summed E-state index contributed by atoms with van der Waals surface area (Å²) in [6.45, 7) is 6.64. The molecule has 2 bridgehead atoms. The molecule has 1 saturated heterocycles. The zero-order valence-electron chi connectivity index (χ0n) is 11.5. The summed E-state index contributed by atoms with van der Waals surface area (Å²) in [5.41, 5.74) is 2.81. The molecular formula is C16H24N2. The van der Waals surface area contributed by atoms with Crippen LogP contribution in [0.25, 0.3) is 0 Å². The second-order valence-electron chi connectivity index (χ2n) is 6.19. The first-order chi connectivity index (χ1) is 8.72. The molecule has 2 fully saturated rings. The summed E-state index contributed by atoms with van der Waals surface area (Å²) in [4.78, 5) is 2.62. The molecule has 2 heteroatoms. The highest BCUT2D eigenvalue weighted by Crippen LogP contribution is 2.40. The summed E-state index contributed by atoms with van der Waals surface area (Å²) in [6, 6.07) is 10.5. The number of piperidine rings is 1. The first-order valence-corrected chi connectivity index (χ1v) is 7.31. The number of hydrogen-bond acceptors (Lipinski definition) is 2. The van der Waals surface area contributed by atoms with E-state index in [4.69, 9.17) is 0 Å². The SMILES string of the molecule is CC(C)NCc1ccc(N2CC3CCC2C3)cc1. The molecule has 3 rings (SSSR count). The molecule has 1 N–H and O–H groups in total. The molecule has 18 heavy (non-hydrogen) atoms. The normalized spacial score (nSPS) is 26.3. The fourth-order valence-electron chi connectivity index (χ4n) is 3.37. The molecule has 1 aromatic rings. The molecule has 1 aliphatic carbocycles. The number of nitrogens with zero attached hydrogens (tertiary/aromatic N) is 1. The molecule has 0 amide bonds.